The van der Waals surface area contributed by atoms with Crippen molar-refractivity contribution >= 4 is 21.7 Å². The summed E-state index contributed by atoms with van der Waals surface area (Å²) in [5.74, 6) is -1.25. The number of hydrogen-bond acceptors (Lipinski definition) is 2. The number of aromatic hydroxyl groups is 1. The van der Waals surface area contributed by atoms with Crippen LogP contribution in [0, 0.1) is 0 Å². The monoisotopic (exact) mass is 282 g/mol. The Morgan fingerprint density at radius 3 is 2.33 bits per heavy atom. The fourth-order valence-corrected chi connectivity index (χ4v) is 1.43. The Bertz CT molecular complexity index is 413. The van der Waals surface area contributed by atoms with Crippen LogP contribution in [-0.4, -0.2) is 10.9 Å². The van der Waals surface area contributed by atoms with E-state index in [1.807, 2.05) is 0 Å². The van der Waals surface area contributed by atoms with Crippen molar-refractivity contribution in [1.82, 2.24) is 0 Å². The van der Waals surface area contributed by atoms with E-state index in [0.717, 1.165) is 13.0 Å². The van der Waals surface area contributed by atoms with E-state index < -0.39 is 28.8 Å². The van der Waals surface area contributed by atoms with Crippen molar-refractivity contribution in [2.75, 3.05) is 0 Å². The van der Waals surface area contributed by atoms with E-state index in [2.05, 4.69) is 15.9 Å². The highest BCUT2D eigenvalue weighted by Gasteiger charge is 2.35. The molecule has 0 radical (unpaired) electrons. The first-order chi connectivity index (χ1) is 6.73. The summed E-state index contributed by atoms with van der Waals surface area (Å²) in [5, 5.41) is 9.11. The van der Waals surface area contributed by atoms with Crippen LogP contribution in [0.2, 0.25) is 0 Å². The lowest BCUT2D eigenvalue weighted by Crippen LogP contribution is -2.11. The lowest BCUT2D eigenvalue weighted by molar-refractivity contribution is -0.138. The zero-order chi connectivity index (χ0) is 11.8. The molecule has 0 saturated carbocycles. The molecule has 0 aliphatic heterocycles. The van der Waals surface area contributed by atoms with Crippen LogP contribution in [0.4, 0.5) is 13.2 Å². The zero-order valence-electron chi connectivity index (χ0n) is 7.52. The van der Waals surface area contributed by atoms with Crippen molar-refractivity contribution in [1.29, 1.82) is 0 Å². The van der Waals surface area contributed by atoms with Crippen molar-refractivity contribution in [3.8, 4) is 5.75 Å². The summed E-state index contributed by atoms with van der Waals surface area (Å²) in [6, 6.07) is 1.49. The lowest BCUT2D eigenvalue weighted by atomic mass is 10.0. The summed E-state index contributed by atoms with van der Waals surface area (Å²) in [7, 11) is 0. The van der Waals surface area contributed by atoms with Gasteiger partial charge in [0.25, 0.3) is 0 Å². The van der Waals surface area contributed by atoms with Gasteiger partial charge < -0.3 is 5.11 Å². The average molecular weight is 283 g/mol. The highest BCUT2D eigenvalue weighted by atomic mass is 79.9. The predicted molar refractivity (Wildman–Crippen MR) is 50.8 cm³/mol. The van der Waals surface area contributed by atoms with E-state index >= 15 is 0 Å². The first kappa shape index (κ1) is 12.0. The molecule has 1 aromatic rings. The molecule has 0 unspecified atom stereocenters. The van der Waals surface area contributed by atoms with Gasteiger partial charge in [0.15, 0.2) is 5.78 Å². The van der Waals surface area contributed by atoms with Gasteiger partial charge in [0.1, 0.15) is 5.75 Å². The van der Waals surface area contributed by atoms with Gasteiger partial charge in [0.05, 0.1) is 10.0 Å². The molecule has 82 valence electrons. The fourth-order valence-electron chi connectivity index (χ4n) is 1.09. The number of alkyl halides is 3. The van der Waals surface area contributed by atoms with E-state index in [1.54, 1.807) is 0 Å². The van der Waals surface area contributed by atoms with Crippen LogP contribution in [0.1, 0.15) is 22.8 Å². The molecule has 0 bridgehead atoms. The van der Waals surface area contributed by atoms with Gasteiger partial charge in [-0.15, -0.1) is 0 Å². The summed E-state index contributed by atoms with van der Waals surface area (Å²) >= 11 is 2.85. The Labute approximate surface area is 91.8 Å². The van der Waals surface area contributed by atoms with Crippen LogP contribution >= 0.6 is 15.9 Å². The molecule has 0 atom stereocenters. The van der Waals surface area contributed by atoms with Crippen LogP contribution in [0.25, 0.3) is 0 Å². The van der Waals surface area contributed by atoms with Crippen LogP contribution < -0.4 is 0 Å². The largest absolute Gasteiger partial charge is 0.507 e. The molecular weight excluding hydrogens is 277 g/mol. The molecule has 1 aromatic carbocycles. The summed E-state index contributed by atoms with van der Waals surface area (Å²) in [4.78, 5) is 11.0. The smallest absolute Gasteiger partial charge is 0.417 e. The van der Waals surface area contributed by atoms with Gasteiger partial charge in [-0.25, -0.2) is 0 Å². The van der Waals surface area contributed by atoms with Crippen molar-refractivity contribution in [2.45, 2.75) is 13.1 Å². The summed E-state index contributed by atoms with van der Waals surface area (Å²) in [6.45, 7) is 1.04. The normalized spacial score (nSPS) is 11.5. The topological polar surface area (TPSA) is 37.3 Å². The fraction of sp³-hybridized carbons (Fsp3) is 0.222. The average Bonchev–Trinajstić information content (AvgIpc) is 2.06. The van der Waals surface area contributed by atoms with Crippen LogP contribution in [0.5, 0.6) is 5.75 Å². The third kappa shape index (κ3) is 2.50. The van der Waals surface area contributed by atoms with Gasteiger partial charge >= 0.3 is 6.18 Å². The zero-order valence-corrected chi connectivity index (χ0v) is 9.11. The third-order valence-electron chi connectivity index (χ3n) is 1.77. The van der Waals surface area contributed by atoms with Gasteiger partial charge in [-0.05, 0) is 35.0 Å². The number of hydrogen-bond donors (Lipinski definition) is 1. The molecule has 1 N–H and O–H groups in total. The number of phenolic OH excluding ortho intramolecular Hbond substituents is 1. The Kier molecular flexibility index (Phi) is 3.08. The summed E-state index contributed by atoms with van der Waals surface area (Å²) < 4.78 is 37.4. The first-order valence-corrected chi connectivity index (χ1v) is 4.63. The SMILES string of the molecule is CC(=O)c1cc(Br)c(O)cc1C(F)(F)F. The number of ketones is 1. The van der Waals surface area contributed by atoms with Crippen LogP contribution in [-0.2, 0) is 6.18 Å². The van der Waals surface area contributed by atoms with E-state index in [-0.39, 0.29) is 4.47 Å². The minimum absolute atomic E-state index is 0.0562. The summed E-state index contributed by atoms with van der Waals surface area (Å²) in [6.07, 6.45) is -4.65. The third-order valence-corrected chi connectivity index (χ3v) is 2.41. The van der Waals surface area contributed by atoms with Gasteiger partial charge in [-0.3, -0.25) is 4.79 Å². The Morgan fingerprint density at radius 2 is 1.93 bits per heavy atom. The van der Waals surface area contributed by atoms with E-state index in [0.29, 0.717) is 6.07 Å². The van der Waals surface area contributed by atoms with Crippen LogP contribution in [0.3, 0.4) is 0 Å². The summed E-state index contributed by atoms with van der Waals surface area (Å²) in [5.41, 5.74) is -1.59. The molecule has 0 aliphatic rings. The number of Topliss-reactive ketones (excluding diaryl/α,β-unsaturated/α-hetero) is 1. The molecule has 0 saturated heterocycles. The quantitative estimate of drug-likeness (QED) is 0.802. The highest BCUT2D eigenvalue weighted by Crippen LogP contribution is 2.37. The Hall–Kier alpha value is -1.04. The second-order valence-corrected chi connectivity index (χ2v) is 3.76. The van der Waals surface area contributed by atoms with E-state index in [1.165, 1.54) is 0 Å². The second-order valence-electron chi connectivity index (χ2n) is 2.90. The molecule has 2 nitrogen and oxygen atoms in total. The van der Waals surface area contributed by atoms with Gasteiger partial charge in [-0.1, -0.05) is 0 Å². The number of carbonyl (C=O) groups is 1. The maximum absolute atomic E-state index is 12.4. The molecule has 0 aromatic heterocycles. The molecule has 0 fully saturated rings. The maximum Gasteiger partial charge on any atom is 0.417 e. The molecule has 1 rings (SSSR count). The van der Waals surface area contributed by atoms with Crippen molar-refractivity contribution in [2.24, 2.45) is 0 Å². The number of rotatable bonds is 1. The predicted octanol–water partition coefficient (Wildman–Crippen LogP) is 3.38. The Morgan fingerprint density at radius 1 is 1.40 bits per heavy atom. The molecule has 0 heterocycles. The highest BCUT2D eigenvalue weighted by molar-refractivity contribution is 9.10. The molecule has 6 heteroatoms. The first-order valence-electron chi connectivity index (χ1n) is 3.84. The van der Waals surface area contributed by atoms with Gasteiger partial charge in [0.2, 0.25) is 0 Å². The van der Waals surface area contributed by atoms with E-state index in [4.69, 9.17) is 5.11 Å². The second kappa shape index (κ2) is 3.84. The molecule has 0 amide bonds. The minimum Gasteiger partial charge on any atom is -0.507 e. The standard InChI is InChI=1S/C9H6BrF3O2/c1-4(14)5-2-7(10)8(15)3-6(5)9(11,12)13/h2-3,15H,1H3. The van der Waals surface area contributed by atoms with Gasteiger partial charge in [0, 0.05) is 5.56 Å². The lowest BCUT2D eigenvalue weighted by Gasteiger charge is -2.12. The number of phenols is 1. The molecule has 0 spiro atoms. The molecule has 0 aliphatic carbocycles. The number of halogens is 4. The Balaban J connectivity index is 3.49. The van der Waals surface area contributed by atoms with Gasteiger partial charge in [-0.2, -0.15) is 13.2 Å². The van der Waals surface area contributed by atoms with Crippen molar-refractivity contribution in [3.05, 3.63) is 27.7 Å². The minimum atomic E-state index is -4.65. The van der Waals surface area contributed by atoms with Crippen molar-refractivity contribution in [3.63, 3.8) is 0 Å². The van der Waals surface area contributed by atoms with Crippen LogP contribution in [0.15, 0.2) is 16.6 Å². The molecular formula is C9H6BrF3O2. The number of benzene rings is 1. The molecule has 15 heavy (non-hydrogen) atoms. The van der Waals surface area contributed by atoms with E-state index in [9.17, 15) is 18.0 Å². The number of carbonyl (C=O) groups excluding carboxylic acids is 1. The van der Waals surface area contributed by atoms with Crippen molar-refractivity contribution < 1.29 is 23.1 Å². The maximum atomic E-state index is 12.4.